The van der Waals surface area contributed by atoms with Crippen LogP contribution in [0.25, 0.3) is 0 Å². The van der Waals surface area contributed by atoms with Gasteiger partial charge >= 0.3 is 0 Å². The van der Waals surface area contributed by atoms with Crippen molar-refractivity contribution in [2.45, 2.75) is 59.0 Å². The molecule has 17 heavy (non-hydrogen) atoms. The van der Waals surface area contributed by atoms with E-state index in [4.69, 9.17) is 4.74 Å². The Morgan fingerprint density at radius 1 is 1.47 bits per heavy atom. The van der Waals surface area contributed by atoms with E-state index in [0.717, 1.165) is 6.42 Å². The first-order chi connectivity index (χ1) is 7.92. The highest BCUT2D eigenvalue weighted by molar-refractivity contribution is 5.83. The van der Waals surface area contributed by atoms with Crippen LogP contribution in [0.15, 0.2) is 12.7 Å². The van der Waals surface area contributed by atoms with Crippen molar-refractivity contribution in [2.75, 3.05) is 6.61 Å². The molecule has 0 aromatic rings. The van der Waals surface area contributed by atoms with Crippen molar-refractivity contribution in [1.29, 1.82) is 0 Å². The maximum Gasteiger partial charge on any atom is 0.162 e. The molecule has 0 radical (unpaired) electrons. The van der Waals surface area contributed by atoms with E-state index in [1.807, 2.05) is 0 Å². The number of hydrogen-bond donors (Lipinski definition) is 0. The van der Waals surface area contributed by atoms with Gasteiger partial charge in [-0.25, -0.2) is 0 Å². The zero-order valence-electron chi connectivity index (χ0n) is 11.5. The molecule has 0 saturated heterocycles. The summed E-state index contributed by atoms with van der Waals surface area (Å²) in [6, 6.07) is 0. The normalized spacial score (nSPS) is 18.5. The average Bonchev–Trinajstić information content (AvgIpc) is 2.12. The summed E-state index contributed by atoms with van der Waals surface area (Å²) in [5, 5.41) is 0. The molecular weight excluding hydrogens is 212 g/mol. The molecule has 1 atom stereocenters. The molecule has 1 unspecified atom stereocenters. The van der Waals surface area contributed by atoms with Crippen LogP contribution < -0.4 is 0 Å². The van der Waals surface area contributed by atoms with Crippen LogP contribution in [0.1, 0.15) is 52.9 Å². The molecule has 0 N–H and O–H groups in total. The van der Waals surface area contributed by atoms with E-state index in [-0.39, 0.29) is 17.3 Å². The van der Waals surface area contributed by atoms with Gasteiger partial charge in [0.1, 0.15) is 6.10 Å². The van der Waals surface area contributed by atoms with E-state index < -0.39 is 0 Å². The highest BCUT2D eigenvalue weighted by Crippen LogP contribution is 2.32. The van der Waals surface area contributed by atoms with Crippen molar-refractivity contribution in [3.05, 3.63) is 12.7 Å². The highest BCUT2D eigenvalue weighted by Gasteiger charge is 2.29. The Bertz CT molecular complexity index is 259. The van der Waals surface area contributed by atoms with Crippen LogP contribution in [-0.4, -0.2) is 18.5 Å². The molecule has 2 heteroatoms. The molecule has 2 nitrogen and oxygen atoms in total. The van der Waals surface area contributed by atoms with Gasteiger partial charge in [-0.15, -0.1) is 6.58 Å². The number of hydrogen-bond acceptors (Lipinski definition) is 2. The van der Waals surface area contributed by atoms with Gasteiger partial charge in [0.2, 0.25) is 0 Å². The Morgan fingerprint density at radius 2 is 2.12 bits per heavy atom. The van der Waals surface area contributed by atoms with Gasteiger partial charge in [-0.2, -0.15) is 0 Å². The van der Waals surface area contributed by atoms with Crippen molar-refractivity contribution in [2.24, 2.45) is 11.3 Å². The average molecular weight is 238 g/mol. The van der Waals surface area contributed by atoms with Crippen LogP contribution in [0.3, 0.4) is 0 Å². The van der Waals surface area contributed by atoms with Gasteiger partial charge < -0.3 is 4.74 Å². The second kappa shape index (κ2) is 6.34. The van der Waals surface area contributed by atoms with Crippen LogP contribution in [0.2, 0.25) is 0 Å². The summed E-state index contributed by atoms with van der Waals surface area (Å²) in [5.41, 5.74) is 0.0481. The second-order valence-corrected chi connectivity index (χ2v) is 6.35. The fraction of sp³-hybridized carbons (Fsp3) is 0.800. The van der Waals surface area contributed by atoms with Crippen molar-refractivity contribution in [3.63, 3.8) is 0 Å². The molecule has 0 aromatic carbocycles. The standard InChI is InChI=1S/C15H26O2/c1-5-9-17-14(10-12-7-6-8-12)13(16)11-15(2,3)4/h5,12,14H,1,6-11H2,2-4H3. The van der Waals surface area contributed by atoms with Crippen molar-refractivity contribution >= 4 is 5.78 Å². The largest absolute Gasteiger partial charge is 0.366 e. The first kappa shape index (κ1) is 14.4. The molecule has 0 amide bonds. The van der Waals surface area contributed by atoms with Crippen LogP contribution in [-0.2, 0) is 9.53 Å². The Morgan fingerprint density at radius 3 is 2.53 bits per heavy atom. The van der Waals surface area contributed by atoms with E-state index in [1.165, 1.54) is 19.3 Å². The first-order valence-electron chi connectivity index (χ1n) is 6.67. The second-order valence-electron chi connectivity index (χ2n) is 6.35. The summed E-state index contributed by atoms with van der Waals surface area (Å²) in [7, 11) is 0. The summed E-state index contributed by atoms with van der Waals surface area (Å²) in [4.78, 5) is 12.2. The molecule has 0 heterocycles. The maximum atomic E-state index is 12.2. The molecule has 0 aliphatic heterocycles. The lowest BCUT2D eigenvalue weighted by molar-refractivity contribution is -0.133. The lowest BCUT2D eigenvalue weighted by Gasteiger charge is -2.30. The zero-order valence-corrected chi connectivity index (χ0v) is 11.5. The monoisotopic (exact) mass is 238 g/mol. The third-order valence-corrected chi connectivity index (χ3v) is 3.25. The third kappa shape index (κ3) is 5.49. The Labute approximate surface area is 105 Å². The smallest absolute Gasteiger partial charge is 0.162 e. The fourth-order valence-corrected chi connectivity index (χ4v) is 2.14. The van der Waals surface area contributed by atoms with Crippen molar-refractivity contribution < 1.29 is 9.53 Å². The van der Waals surface area contributed by atoms with Gasteiger partial charge in [-0.3, -0.25) is 4.79 Å². The highest BCUT2D eigenvalue weighted by atomic mass is 16.5. The van der Waals surface area contributed by atoms with Gasteiger partial charge in [-0.1, -0.05) is 46.1 Å². The van der Waals surface area contributed by atoms with Crippen LogP contribution >= 0.6 is 0 Å². The van der Waals surface area contributed by atoms with Crippen LogP contribution in [0, 0.1) is 11.3 Å². The fourth-order valence-electron chi connectivity index (χ4n) is 2.14. The van der Waals surface area contributed by atoms with Crippen LogP contribution in [0.4, 0.5) is 0 Å². The minimum atomic E-state index is -0.211. The minimum Gasteiger partial charge on any atom is -0.366 e. The molecule has 0 aromatic heterocycles. The maximum absolute atomic E-state index is 12.2. The van der Waals surface area contributed by atoms with Crippen molar-refractivity contribution in [1.82, 2.24) is 0 Å². The lowest BCUT2D eigenvalue weighted by atomic mass is 9.79. The third-order valence-electron chi connectivity index (χ3n) is 3.25. The van der Waals surface area contributed by atoms with Crippen LogP contribution in [0.5, 0.6) is 0 Å². The minimum absolute atomic E-state index is 0.0481. The van der Waals surface area contributed by atoms with E-state index in [1.54, 1.807) is 6.08 Å². The number of Topliss-reactive ketones (excluding diaryl/α,β-unsaturated/α-hetero) is 1. The molecule has 1 aliphatic rings. The number of ether oxygens (including phenoxy) is 1. The topological polar surface area (TPSA) is 26.3 Å². The van der Waals surface area contributed by atoms with E-state index >= 15 is 0 Å². The number of carbonyl (C=O) groups is 1. The molecule has 1 rings (SSSR count). The lowest BCUT2D eigenvalue weighted by Crippen LogP contribution is -2.31. The van der Waals surface area contributed by atoms with Gasteiger partial charge in [0.05, 0.1) is 6.61 Å². The summed E-state index contributed by atoms with van der Waals surface area (Å²) in [6.45, 7) is 10.4. The van der Waals surface area contributed by atoms with Gasteiger partial charge in [0.25, 0.3) is 0 Å². The van der Waals surface area contributed by atoms with Crippen molar-refractivity contribution in [3.8, 4) is 0 Å². The number of rotatable bonds is 7. The van der Waals surface area contributed by atoms with E-state index in [0.29, 0.717) is 18.9 Å². The number of ketones is 1. The summed E-state index contributed by atoms with van der Waals surface area (Å²) < 4.78 is 5.64. The Balaban J connectivity index is 2.47. The molecule has 1 saturated carbocycles. The quantitative estimate of drug-likeness (QED) is 0.631. The SMILES string of the molecule is C=CCOC(CC1CCC1)C(=O)CC(C)(C)C. The van der Waals surface area contributed by atoms with Gasteiger partial charge in [-0.05, 0) is 17.8 Å². The molecule has 0 bridgehead atoms. The molecule has 0 spiro atoms. The van der Waals surface area contributed by atoms with E-state index in [9.17, 15) is 4.79 Å². The Hall–Kier alpha value is -0.630. The molecule has 98 valence electrons. The molecule has 1 aliphatic carbocycles. The van der Waals surface area contributed by atoms with E-state index in [2.05, 4.69) is 27.4 Å². The number of carbonyl (C=O) groups excluding carboxylic acids is 1. The summed E-state index contributed by atoms with van der Waals surface area (Å²) in [5.74, 6) is 0.958. The summed E-state index contributed by atoms with van der Waals surface area (Å²) >= 11 is 0. The predicted octanol–water partition coefficient (Wildman–Crippen LogP) is 3.75. The van der Waals surface area contributed by atoms with Gasteiger partial charge in [0.15, 0.2) is 5.78 Å². The first-order valence-corrected chi connectivity index (χ1v) is 6.67. The predicted molar refractivity (Wildman–Crippen MR) is 71.0 cm³/mol. The zero-order chi connectivity index (χ0) is 12.9. The van der Waals surface area contributed by atoms with Gasteiger partial charge in [0, 0.05) is 6.42 Å². The molecular formula is C15H26O2. The summed E-state index contributed by atoms with van der Waals surface area (Å²) in [6.07, 6.45) is 6.85. The molecule has 1 fully saturated rings. The Kier molecular flexibility index (Phi) is 5.38.